The summed E-state index contributed by atoms with van der Waals surface area (Å²) in [4.78, 5) is 0.0867. The fourth-order valence-electron chi connectivity index (χ4n) is 1.22. The Morgan fingerprint density at radius 2 is 2.00 bits per heavy atom. The van der Waals surface area contributed by atoms with Gasteiger partial charge in [0.1, 0.15) is 10.6 Å². The zero-order valence-corrected chi connectivity index (χ0v) is 14.2. The molecule has 3 N–H and O–H groups in total. The van der Waals surface area contributed by atoms with Crippen LogP contribution < -0.4 is 15.2 Å². The lowest BCUT2D eigenvalue weighted by atomic mass is 10.1. The number of hydrogen-bond acceptors (Lipinski definition) is 4. The third-order valence-corrected chi connectivity index (χ3v) is 4.05. The molecule has 0 atom stereocenters. The van der Waals surface area contributed by atoms with Crippen LogP contribution in [0.25, 0.3) is 0 Å². The van der Waals surface area contributed by atoms with Crippen molar-refractivity contribution in [3.05, 3.63) is 22.7 Å². The first kappa shape index (κ1) is 18.7. The van der Waals surface area contributed by atoms with Crippen molar-refractivity contribution < 1.29 is 13.2 Å². The predicted octanol–water partition coefficient (Wildman–Crippen LogP) is 1.90. The summed E-state index contributed by atoms with van der Waals surface area (Å²) in [5.74, 6) is 0.292. The van der Waals surface area contributed by atoms with E-state index in [1.807, 2.05) is 0 Å². The summed E-state index contributed by atoms with van der Waals surface area (Å²) in [7, 11) is -2.22. The van der Waals surface area contributed by atoms with Crippen LogP contribution in [0.3, 0.4) is 0 Å². The van der Waals surface area contributed by atoms with Gasteiger partial charge in [0.2, 0.25) is 10.0 Å². The van der Waals surface area contributed by atoms with Gasteiger partial charge in [-0.15, -0.1) is 12.4 Å². The standard InChI is InChI=1S/C11H17BrN2O3S.ClH/c1-11(2,13)7-14-18(15,16)10-6-8(12)4-5-9(10)17-3;/h4-6,14H,7,13H2,1-3H3;1H. The molecule has 5 nitrogen and oxygen atoms in total. The highest BCUT2D eigenvalue weighted by Crippen LogP contribution is 2.27. The molecule has 0 aliphatic rings. The molecule has 0 unspecified atom stereocenters. The van der Waals surface area contributed by atoms with Crippen molar-refractivity contribution in [3.63, 3.8) is 0 Å². The molecule has 0 saturated carbocycles. The SMILES string of the molecule is COc1ccc(Br)cc1S(=O)(=O)NCC(C)(C)N.Cl. The molecule has 110 valence electrons. The fraction of sp³-hybridized carbons (Fsp3) is 0.455. The van der Waals surface area contributed by atoms with Crippen molar-refractivity contribution in [1.29, 1.82) is 0 Å². The maximum atomic E-state index is 12.1. The molecule has 1 aromatic carbocycles. The summed E-state index contributed by atoms with van der Waals surface area (Å²) < 4.78 is 32.5. The van der Waals surface area contributed by atoms with E-state index in [1.165, 1.54) is 13.2 Å². The smallest absolute Gasteiger partial charge is 0.244 e. The van der Waals surface area contributed by atoms with Crippen LogP contribution in [-0.2, 0) is 10.0 Å². The molecule has 0 saturated heterocycles. The summed E-state index contributed by atoms with van der Waals surface area (Å²) in [5, 5.41) is 0. The maximum absolute atomic E-state index is 12.1. The van der Waals surface area contributed by atoms with Crippen molar-refractivity contribution >= 4 is 38.4 Å². The molecule has 0 fully saturated rings. The number of ether oxygens (including phenoxy) is 1. The normalized spacial score (nSPS) is 11.8. The van der Waals surface area contributed by atoms with Crippen LogP contribution in [0.5, 0.6) is 5.75 Å². The van der Waals surface area contributed by atoms with Crippen molar-refractivity contribution in [2.75, 3.05) is 13.7 Å². The van der Waals surface area contributed by atoms with Gasteiger partial charge < -0.3 is 10.5 Å². The van der Waals surface area contributed by atoms with Crippen LogP contribution in [0.4, 0.5) is 0 Å². The summed E-state index contributed by atoms with van der Waals surface area (Å²) >= 11 is 3.24. The van der Waals surface area contributed by atoms with E-state index in [1.54, 1.807) is 26.0 Å². The molecular formula is C11H18BrClN2O3S. The predicted molar refractivity (Wildman–Crippen MR) is 81.4 cm³/mol. The maximum Gasteiger partial charge on any atom is 0.244 e. The Morgan fingerprint density at radius 3 is 2.47 bits per heavy atom. The molecule has 0 aromatic heterocycles. The molecule has 0 bridgehead atoms. The molecule has 0 amide bonds. The van der Waals surface area contributed by atoms with E-state index in [0.717, 1.165) is 0 Å². The average Bonchev–Trinajstić information content (AvgIpc) is 2.26. The molecule has 8 heteroatoms. The average molecular weight is 374 g/mol. The summed E-state index contributed by atoms with van der Waals surface area (Å²) in [5.41, 5.74) is 5.13. The second-order valence-electron chi connectivity index (χ2n) is 4.61. The highest BCUT2D eigenvalue weighted by molar-refractivity contribution is 9.10. The van der Waals surface area contributed by atoms with Gasteiger partial charge in [-0.1, -0.05) is 15.9 Å². The lowest BCUT2D eigenvalue weighted by Gasteiger charge is -2.19. The second-order valence-corrected chi connectivity index (χ2v) is 7.26. The van der Waals surface area contributed by atoms with Gasteiger partial charge in [0.05, 0.1) is 7.11 Å². The van der Waals surface area contributed by atoms with Gasteiger partial charge in [-0.05, 0) is 32.0 Å². The molecule has 0 spiro atoms. The van der Waals surface area contributed by atoms with Crippen LogP contribution >= 0.6 is 28.3 Å². The van der Waals surface area contributed by atoms with Crippen LogP contribution in [0, 0.1) is 0 Å². The highest BCUT2D eigenvalue weighted by Gasteiger charge is 2.22. The minimum atomic E-state index is -3.64. The van der Waals surface area contributed by atoms with E-state index in [4.69, 9.17) is 10.5 Å². The summed E-state index contributed by atoms with van der Waals surface area (Å²) in [6, 6.07) is 4.79. The van der Waals surface area contributed by atoms with Crippen molar-refractivity contribution in [1.82, 2.24) is 4.72 Å². The van der Waals surface area contributed by atoms with E-state index in [-0.39, 0.29) is 23.8 Å². The molecular weight excluding hydrogens is 356 g/mol. The number of benzene rings is 1. The Kier molecular flexibility index (Phi) is 6.77. The molecule has 19 heavy (non-hydrogen) atoms. The van der Waals surface area contributed by atoms with E-state index < -0.39 is 15.6 Å². The van der Waals surface area contributed by atoms with Gasteiger partial charge >= 0.3 is 0 Å². The van der Waals surface area contributed by atoms with Crippen LogP contribution in [0.15, 0.2) is 27.6 Å². The van der Waals surface area contributed by atoms with Crippen LogP contribution in [-0.4, -0.2) is 27.6 Å². The first-order chi connectivity index (χ1) is 8.15. The number of rotatable bonds is 5. The Bertz CT molecular complexity index is 529. The van der Waals surface area contributed by atoms with E-state index in [0.29, 0.717) is 10.2 Å². The lowest BCUT2D eigenvalue weighted by Crippen LogP contribution is -2.45. The Morgan fingerprint density at radius 1 is 1.42 bits per heavy atom. The molecule has 1 aromatic rings. The number of nitrogens with two attached hydrogens (primary N) is 1. The molecule has 0 heterocycles. The highest BCUT2D eigenvalue weighted by atomic mass is 79.9. The van der Waals surface area contributed by atoms with Gasteiger partial charge in [0, 0.05) is 16.6 Å². The quantitative estimate of drug-likeness (QED) is 0.826. The largest absolute Gasteiger partial charge is 0.495 e. The topological polar surface area (TPSA) is 81.4 Å². The minimum absolute atomic E-state index is 0. The summed E-state index contributed by atoms with van der Waals surface area (Å²) in [6.45, 7) is 3.63. The number of hydrogen-bond donors (Lipinski definition) is 2. The van der Waals surface area contributed by atoms with Gasteiger partial charge in [-0.2, -0.15) is 0 Å². The molecule has 1 rings (SSSR count). The van der Waals surface area contributed by atoms with Crippen molar-refractivity contribution in [2.24, 2.45) is 5.73 Å². The van der Waals surface area contributed by atoms with E-state index in [2.05, 4.69) is 20.7 Å². The van der Waals surface area contributed by atoms with Gasteiger partial charge in [-0.3, -0.25) is 0 Å². The van der Waals surface area contributed by atoms with Gasteiger partial charge in [0.15, 0.2) is 0 Å². The zero-order valence-electron chi connectivity index (χ0n) is 10.9. The molecule has 0 radical (unpaired) electrons. The third kappa shape index (κ3) is 5.66. The Hall–Kier alpha value is -0.340. The second kappa shape index (κ2) is 6.90. The number of nitrogens with one attached hydrogen (secondary N) is 1. The van der Waals surface area contributed by atoms with Crippen molar-refractivity contribution in [2.45, 2.75) is 24.3 Å². The molecule has 0 aliphatic heterocycles. The number of methoxy groups -OCH3 is 1. The van der Waals surface area contributed by atoms with E-state index in [9.17, 15) is 8.42 Å². The van der Waals surface area contributed by atoms with Crippen molar-refractivity contribution in [3.8, 4) is 5.75 Å². The van der Waals surface area contributed by atoms with Gasteiger partial charge in [-0.25, -0.2) is 13.1 Å². The molecule has 0 aliphatic carbocycles. The van der Waals surface area contributed by atoms with Crippen LogP contribution in [0.2, 0.25) is 0 Å². The number of halogens is 2. The van der Waals surface area contributed by atoms with E-state index >= 15 is 0 Å². The zero-order chi connectivity index (χ0) is 14.0. The third-order valence-electron chi connectivity index (χ3n) is 2.13. The monoisotopic (exact) mass is 372 g/mol. The number of sulfonamides is 1. The fourth-order valence-corrected chi connectivity index (χ4v) is 3.15. The first-order valence-corrected chi connectivity index (χ1v) is 7.55. The minimum Gasteiger partial charge on any atom is -0.495 e. The first-order valence-electron chi connectivity index (χ1n) is 5.28. The lowest BCUT2D eigenvalue weighted by molar-refractivity contribution is 0.401. The Labute approximate surface area is 128 Å². The summed E-state index contributed by atoms with van der Waals surface area (Å²) in [6.07, 6.45) is 0. The van der Waals surface area contributed by atoms with Gasteiger partial charge in [0.25, 0.3) is 0 Å². The Balaban J connectivity index is 0.00000324. The van der Waals surface area contributed by atoms with Crippen LogP contribution in [0.1, 0.15) is 13.8 Å².